The Morgan fingerprint density at radius 2 is 1.89 bits per heavy atom. The van der Waals surface area contributed by atoms with Gasteiger partial charge in [-0.1, -0.05) is 29.8 Å². The molecule has 0 aliphatic carbocycles. The number of para-hydroxylation sites is 1. The van der Waals surface area contributed by atoms with Gasteiger partial charge in [0.1, 0.15) is 5.82 Å². The van der Waals surface area contributed by atoms with Crippen molar-refractivity contribution in [2.75, 3.05) is 19.0 Å². The van der Waals surface area contributed by atoms with E-state index in [4.69, 9.17) is 4.74 Å². The summed E-state index contributed by atoms with van der Waals surface area (Å²) in [6, 6.07) is 13.9. The standard InChI is InChI=1S/C21H24N4O3/c1-14-8-10-16(11-9-14)23-21(27)22-15(2)19-24-18-7-5-4-6-17(18)20(26)25(19)12-13-28-3/h4-11,15H,12-13H2,1-3H3,(H2,22,23,27)/t15-/m1/s1. The van der Waals surface area contributed by atoms with Crippen LogP contribution in [0.4, 0.5) is 10.5 Å². The number of carbonyl (C=O) groups is 1. The average molecular weight is 380 g/mol. The molecule has 2 N–H and O–H groups in total. The Labute approximate surface area is 163 Å². The van der Waals surface area contributed by atoms with Crippen molar-refractivity contribution in [3.8, 4) is 0 Å². The third-order valence-electron chi connectivity index (χ3n) is 4.45. The first-order valence-corrected chi connectivity index (χ1v) is 9.12. The molecule has 0 unspecified atom stereocenters. The molecule has 0 fully saturated rings. The number of benzene rings is 2. The van der Waals surface area contributed by atoms with E-state index < -0.39 is 6.04 Å². The molecule has 3 aromatic rings. The van der Waals surface area contributed by atoms with Gasteiger partial charge in [0.2, 0.25) is 0 Å². The minimum Gasteiger partial charge on any atom is -0.383 e. The second-order valence-electron chi connectivity index (χ2n) is 6.62. The lowest BCUT2D eigenvalue weighted by atomic mass is 10.2. The SMILES string of the molecule is COCCn1c([C@@H](C)NC(=O)Nc2ccc(C)cc2)nc2ccccc2c1=O. The zero-order chi connectivity index (χ0) is 20.1. The summed E-state index contributed by atoms with van der Waals surface area (Å²) in [4.78, 5) is 29.9. The van der Waals surface area contributed by atoms with Gasteiger partial charge in [-0.2, -0.15) is 0 Å². The van der Waals surface area contributed by atoms with E-state index in [0.29, 0.717) is 35.6 Å². The molecule has 7 heteroatoms. The molecule has 0 bridgehead atoms. The first kappa shape index (κ1) is 19.6. The second kappa shape index (κ2) is 8.67. The lowest BCUT2D eigenvalue weighted by Crippen LogP contribution is -2.36. The Bertz CT molecular complexity index is 1030. The summed E-state index contributed by atoms with van der Waals surface area (Å²) < 4.78 is 6.69. The van der Waals surface area contributed by atoms with E-state index in [1.54, 1.807) is 30.7 Å². The van der Waals surface area contributed by atoms with Crippen LogP contribution >= 0.6 is 0 Å². The normalized spacial score (nSPS) is 12.0. The van der Waals surface area contributed by atoms with Crippen molar-refractivity contribution in [1.29, 1.82) is 0 Å². The molecule has 2 amide bonds. The molecule has 1 aromatic heterocycles. The average Bonchev–Trinajstić information content (AvgIpc) is 2.69. The van der Waals surface area contributed by atoms with Gasteiger partial charge in [-0.15, -0.1) is 0 Å². The number of aryl methyl sites for hydroxylation is 1. The molecule has 0 aliphatic rings. The summed E-state index contributed by atoms with van der Waals surface area (Å²) in [6.07, 6.45) is 0. The molecule has 1 heterocycles. The van der Waals surface area contributed by atoms with Crippen LogP contribution in [0.1, 0.15) is 24.4 Å². The number of urea groups is 1. The van der Waals surface area contributed by atoms with Crippen molar-refractivity contribution in [1.82, 2.24) is 14.9 Å². The van der Waals surface area contributed by atoms with E-state index >= 15 is 0 Å². The molecule has 0 aliphatic heterocycles. The third-order valence-corrected chi connectivity index (χ3v) is 4.45. The largest absolute Gasteiger partial charge is 0.383 e. The number of amides is 2. The van der Waals surface area contributed by atoms with Gasteiger partial charge in [0.05, 0.1) is 30.1 Å². The van der Waals surface area contributed by atoms with Crippen molar-refractivity contribution >= 4 is 22.6 Å². The highest BCUT2D eigenvalue weighted by Gasteiger charge is 2.18. The topological polar surface area (TPSA) is 85.2 Å². The minimum atomic E-state index is -0.473. The van der Waals surface area contributed by atoms with Crippen LogP contribution < -0.4 is 16.2 Å². The Morgan fingerprint density at radius 1 is 1.18 bits per heavy atom. The fourth-order valence-corrected chi connectivity index (χ4v) is 2.98. The molecule has 146 valence electrons. The quantitative estimate of drug-likeness (QED) is 0.687. The summed E-state index contributed by atoms with van der Waals surface area (Å²) >= 11 is 0. The van der Waals surface area contributed by atoms with Gasteiger partial charge >= 0.3 is 6.03 Å². The lowest BCUT2D eigenvalue weighted by molar-refractivity contribution is 0.184. The van der Waals surface area contributed by atoms with Crippen molar-refractivity contribution < 1.29 is 9.53 Å². The van der Waals surface area contributed by atoms with Crippen molar-refractivity contribution in [2.45, 2.75) is 26.4 Å². The number of rotatable bonds is 6. The maximum absolute atomic E-state index is 12.9. The van der Waals surface area contributed by atoms with Crippen LogP contribution in [-0.2, 0) is 11.3 Å². The first-order valence-electron chi connectivity index (χ1n) is 9.12. The first-order chi connectivity index (χ1) is 13.5. The maximum atomic E-state index is 12.9. The zero-order valence-corrected chi connectivity index (χ0v) is 16.2. The van der Waals surface area contributed by atoms with Gasteiger partial charge in [0.25, 0.3) is 5.56 Å². The van der Waals surface area contributed by atoms with Gasteiger partial charge in [-0.3, -0.25) is 9.36 Å². The van der Waals surface area contributed by atoms with Gasteiger partial charge < -0.3 is 15.4 Å². The molecule has 2 aromatic carbocycles. The fourth-order valence-electron chi connectivity index (χ4n) is 2.98. The van der Waals surface area contributed by atoms with E-state index in [0.717, 1.165) is 5.56 Å². The molecular formula is C21H24N4O3. The third kappa shape index (κ3) is 4.37. The second-order valence-corrected chi connectivity index (χ2v) is 6.62. The molecule has 0 radical (unpaired) electrons. The van der Waals surface area contributed by atoms with E-state index in [1.807, 2.05) is 43.3 Å². The van der Waals surface area contributed by atoms with Crippen LogP contribution in [0.25, 0.3) is 10.9 Å². The Hall–Kier alpha value is -3.19. The van der Waals surface area contributed by atoms with Crippen LogP contribution in [0.5, 0.6) is 0 Å². The lowest BCUT2D eigenvalue weighted by Gasteiger charge is -2.19. The van der Waals surface area contributed by atoms with Crippen LogP contribution in [0.3, 0.4) is 0 Å². The monoisotopic (exact) mass is 380 g/mol. The van der Waals surface area contributed by atoms with E-state index in [1.165, 1.54) is 0 Å². The minimum absolute atomic E-state index is 0.148. The van der Waals surface area contributed by atoms with Crippen LogP contribution in [-0.4, -0.2) is 29.3 Å². The van der Waals surface area contributed by atoms with Gasteiger partial charge in [-0.25, -0.2) is 9.78 Å². The highest BCUT2D eigenvalue weighted by atomic mass is 16.5. The van der Waals surface area contributed by atoms with Crippen molar-refractivity contribution in [3.63, 3.8) is 0 Å². The summed E-state index contributed by atoms with van der Waals surface area (Å²) in [5, 5.41) is 6.19. The fraction of sp³-hybridized carbons (Fsp3) is 0.286. The molecule has 1 atom stereocenters. The predicted molar refractivity (Wildman–Crippen MR) is 110 cm³/mol. The van der Waals surface area contributed by atoms with Gasteiger partial charge in [0, 0.05) is 12.8 Å². The number of hydrogen-bond acceptors (Lipinski definition) is 4. The maximum Gasteiger partial charge on any atom is 0.319 e. The summed E-state index contributed by atoms with van der Waals surface area (Å²) in [5.41, 5.74) is 2.26. The van der Waals surface area contributed by atoms with Crippen molar-refractivity contribution in [3.05, 3.63) is 70.3 Å². The smallest absolute Gasteiger partial charge is 0.319 e. The van der Waals surface area contributed by atoms with E-state index in [2.05, 4.69) is 15.6 Å². The van der Waals surface area contributed by atoms with Crippen LogP contribution in [0.2, 0.25) is 0 Å². The summed E-state index contributed by atoms with van der Waals surface area (Å²) in [6.45, 7) is 4.51. The number of anilines is 1. The number of fused-ring (bicyclic) bond motifs is 1. The number of ether oxygens (including phenoxy) is 1. The molecule has 0 saturated heterocycles. The molecule has 3 rings (SSSR count). The number of hydrogen-bond donors (Lipinski definition) is 2. The van der Waals surface area contributed by atoms with Gasteiger partial charge in [0.15, 0.2) is 0 Å². The molecule has 0 spiro atoms. The Morgan fingerprint density at radius 3 is 2.61 bits per heavy atom. The van der Waals surface area contributed by atoms with E-state index in [-0.39, 0.29) is 11.6 Å². The molecule has 7 nitrogen and oxygen atoms in total. The number of carbonyl (C=O) groups excluding carboxylic acids is 1. The molecule has 0 saturated carbocycles. The Balaban J connectivity index is 1.86. The summed E-state index contributed by atoms with van der Waals surface area (Å²) in [7, 11) is 1.58. The Kier molecular flexibility index (Phi) is 6.06. The highest BCUT2D eigenvalue weighted by Crippen LogP contribution is 2.15. The number of nitrogens with zero attached hydrogens (tertiary/aromatic N) is 2. The number of nitrogens with one attached hydrogen (secondary N) is 2. The summed E-state index contributed by atoms with van der Waals surface area (Å²) in [5.74, 6) is 0.486. The van der Waals surface area contributed by atoms with Crippen molar-refractivity contribution in [2.24, 2.45) is 0 Å². The highest BCUT2D eigenvalue weighted by molar-refractivity contribution is 5.89. The van der Waals surface area contributed by atoms with Gasteiger partial charge in [-0.05, 0) is 38.1 Å². The number of methoxy groups -OCH3 is 1. The molecular weight excluding hydrogens is 356 g/mol. The predicted octanol–water partition coefficient (Wildman–Crippen LogP) is 3.23. The molecule has 28 heavy (non-hydrogen) atoms. The zero-order valence-electron chi connectivity index (χ0n) is 16.2. The van der Waals surface area contributed by atoms with Crippen LogP contribution in [0, 0.1) is 6.92 Å². The van der Waals surface area contributed by atoms with E-state index in [9.17, 15) is 9.59 Å². The van der Waals surface area contributed by atoms with Crippen LogP contribution in [0.15, 0.2) is 53.3 Å². The number of aromatic nitrogens is 2.